The molecule has 2 rings (SSSR count). The van der Waals surface area contributed by atoms with Crippen molar-refractivity contribution in [2.45, 2.75) is 43.9 Å². The van der Waals surface area contributed by atoms with Gasteiger partial charge >= 0.3 is 5.97 Å². The lowest BCUT2D eigenvalue weighted by Crippen LogP contribution is -2.46. The second-order valence-corrected chi connectivity index (χ2v) is 4.90. The number of amides is 1. The summed E-state index contributed by atoms with van der Waals surface area (Å²) in [6, 6.07) is -0.878. The number of carboxylic acids is 1. The lowest BCUT2D eigenvalue weighted by molar-refractivity contribution is -0.143. The SMILES string of the molecule is COCCC(NC(=O)C1CC2CCC1O2)C(=O)O. The van der Waals surface area contributed by atoms with Gasteiger partial charge in [0, 0.05) is 20.1 Å². The highest BCUT2D eigenvalue weighted by molar-refractivity contribution is 5.85. The van der Waals surface area contributed by atoms with Gasteiger partial charge in [-0.3, -0.25) is 4.79 Å². The van der Waals surface area contributed by atoms with Crippen LogP contribution in [0.25, 0.3) is 0 Å². The van der Waals surface area contributed by atoms with Gasteiger partial charge in [-0.2, -0.15) is 0 Å². The number of fused-ring (bicyclic) bond motifs is 2. The molecule has 0 radical (unpaired) electrons. The zero-order chi connectivity index (χ0) is 13.1. The van der Waals surface area contributed by atoms with Gasteiger partial charge in [0.15, 0.2) is 0 Å². The molecule has 2 aliphatic heterocycles. The van der Waals surface area contributed by atoms with Crippen molar-refractivity contribution in [1.82, 2.24) is 5.32 Å². The Balaban J connectivity index is 1.86. The summed E-state index contributed by atoms with van der Waals surface area (Å²) >= 11 is 0. The largest absolute Gasteiger partial charge is 0.480 e. The standard InChI is InChI=1S/C12H19NO5/c1-17-5-4-9(12(15)16)13-11(14)8-6-7-2-3-10(8)18-7/h7-10H,2-6H2,1H3,(H,13,14)(H,15,16). The molecule has 4 atom stereocenters. The Hall–Kier alpha value is -1.14. The molecule has 2 saturated heterocycles. The summed E-state index contributed by atoms with van der Waals surface area (Å²) in [5.74, 6) is -1.41. The third kappa shape index (κ3) is 2.81. The molecule has 6 heteroatoms. The Morgan fingerprint density at radius 2 is 2.28 bits per heavy atom. The van der Waals surface area contributed by atoms with E-state index in [4.69, 9.17) is 14.6 Å². The maximum absolute atomic E-state index is 12.0. The smallest absolute Gasteiger partial charge is 0.326 e. The molecule has 2 heterocycles. The number of carbonyl (C=O) groups excluding carboxylic acids is 1. The van der Waals surface area contributed by atoms with Gasteiger partial charge in [0.2, 0.25) is 5.91 Å². The van der Waals surface area contributed by atoms with Crippen molar-refractivity contribution in [2.24, 2.45) is 5.92 Å². The number of methoxy groups -OCH3 is 1. The molecule has 2 N–H and O–H groups in total. The van der Waals surface area contributed by atoms with Crippen molar-refractivity contribution in [3.05, 3.63) is 0 Å². The van der Waals surface area contributed by atoms with E-state index in [1.54, 1.807) is 0 Å². The molecule has 0 aromatic carbocycles. The number of hydrogen-bond acceptors (Lipinski definition) is 4. The van der Waals surface area contributed by atoms with Crippen LogP contribution in [0.4, 0.5) is 0 Å². The zero-order valence-electron chi connectivity index (χ0n) is 10.4. The van der Waals surface area contributed by atoms with Crippen molar-refractivity contribution in [3.63, 3.8) is 0 Å². The molecule has 0 aromatic heterocycles. The Labute approximate surface area is 106 Å². The summed E-state index contributed by atoms with van der Waals surface area (Å²) in [5, 5.41) is 11.6. The first-order valence-electron chi connectivity index (χ1n) is 6.29. The third-order valence-corrected chi connectivity index (χ3v) is 3.67. The summed E-state index contributed by atoms with van der Waals surface area (Å²) in [6.45, 7) is 0.310. The van der Waals surface area contributed by atoms with Crippen molar-refractivity contribution >= 4 is 11.9 Å². The van der Waals surface area contributed by atoms with Crippen LogP contribution in [0.1, 0.15) is 25.7 Å². The fourth-order valence-corrected chi connectivity index (χ4v) is 2.69. The molecular weight excluding hydrogens is 238 g/mol. The maximum Gasteiger partial charge on any atom is 0.326 e. The van der Waals surface area contributed by atoms with Crippen molar-refractivity contribution in [3.8, 4) is 0 Å². The minimum atomic E-state index is -1.02. The molecule has 2 bridgehead atoms. The lowest BCUT2D eigenvalue weighted by atomic mass is 9.88. The summed E-state index contributed by atoms with van der Waals surface area (Å²) in [5.41, 5.74) is 0. The predicted octanol–water partition coefficient (Wildman–Crippen LogP) is 0.160. The van der Waals surface area contributed by atoms with E-state index in [0.29, 0.717) is 13.0 Å². The van der Waals surface area contributed by atoms with E-state index < -0.39 is 12.0 Å². The first-order chi connectivity index (χ1) is 8.61. The van der Waals surface area contributed by atoms with Gasteiger partial charge in [-0.05, 0) is 19.3 Å². The van der Waals surface area contributed by atoms with E-state index in [2.05, 4.69) is 5.32 Å². The molecular formula is C12H19NO5. The van der Waals surface area contributed by atoms with Crippen molar-refractivity contribution < 1.29 is 24.2 Å². The van der Waals surface area contributed by atoms with Crippen LogP contribution in [-0.2, 0) is 19.1 Å². The van der Waals surface area contributed by atoms with E-state index in [1.165, 1.54) is 7.11 Å². The monoisotopic (exact) mass is 257 g/mol. The molecule has 0 saturated carbocycles. The van der Waals surface area contributed by atoms with Gasteiger partial charge in [-0.15, -0.1) is 0 Å². The lowest BCUT2D eigenvalue weighted by Gasteiger charge is -2.21. The Kier molecular flexibility index (Phi) is 4.19. The quantitative estimate of drug-likeness (QED) is 0.708. The molecule has 0 spiro atoms. The van der Waals surface area contributed by atoms with Crippen molar-refractivity contribution in [2.75, 3.05) is 13.7 Å². The Morgan fingerprint density at radius 3 is 2.78 bits per heavy atom. The molecule has 102 valence electrons. The number of carboxylic acid groups (broad SMARTS) is 1. The van der Waals surface area contributed by atoms with E-state index in [9.17, 15) is 9.59 Å². The summed E-state index contributed by atoms with van der Waals surface area (Å²) < 4.78 is 10.4. The van der Waals surface area contributed by atoms with Crippen molar-refractivity contribution in [1.29, 1.82) is 0 Å². The maximum atomic E-state index is 12.0. The average Bonchev–Trinajstić information content (AvgIpc) is 2.95. The summed E-state index contributed by atoms with van der Waals surface area (Å²) in [7, 11) is 1.50. The van der Waals surface area contributed by atoms with Gasteiger partial charge < -0.3 is 19.9 Å². The molecule has 2 aliphatic rings. The second-order valence-electron chi connectivity index (χ2n) is 4.90. The van der Waals surface area contributed by atoms with Gasteiger partial charge in [0.25, 0.3) is 0 Å². The molecule has 2 fully saturated rings. The van der Waals surface area contributed by atoms with Gasteiger partial charge in [0.05, 0.1) is 18.1 Å². The number of hydrogen-bond donors (Lipinski definition) is 2. The molecule has 0 aliphatic carbocycles. The van der Waals surface area contributed by atoms with E-state index in [-0.39, 0.29) is 30.5 Å². The number of rotatable bonds is 6. The van der Waals surface area contributed by atoms with Crippen LogP contribution in [0.2, 0.25) is 0 Å². The van der Waals surface area contributed by atoms with Crippen LogP contribution in [-0.4, -0.2) is 48.9 Å². The highest BCUT2D eigenvalue weighted by Gasteiger charge is 2.44. The molecule has 0 aromatic rings. The van der Waals surface area contributed by atoms with Crippen LogP contribution in [0.3, 0.4) is 0 Å². The van der Waals surface area contributed by atoms with Crippen LogP contribution in [0.15, 0.2) is 0 Å². The predicted molar refractivity (Wildman–Crippen MR) is 62.1 cm³/mol. The second kappa shape index (κ2) is 5.67. The highest BCUT2D eigenvalue weighted by Crippen LogP contribution is 2.38. The number of carbonyl (C=O) groups is 2. The normalized spacial score (nSPS) is 31.3. The van der Waals surface area contributed by atoms with E-state index >= 15 is 0 Å². The number of ether oxygens (including phenoxy) is 2. The van der Waals surface area contributed by atoms with Gasteiger partial charge in [-0.1, -0.05) is 0 Å². The van der Waals surface area contributed by atoms with Gasteiger partial charge in [0.1, 0.15) is 6.04 Å². The minimum absolute atomic E-state index is 0.0214. The zero-order valence-corrected chi connectivity index (χ0v) is 10.4. The molecule has 18 heavy (non-hydrogen) atoms. The highest BCUT2D eigenvalue weighted by atomic mass is 16.5. The van der Waals surface area contributed by atoms with Crippen LogP contribution >= 0.6 is 0 Å². The number of aliphatic carboxylic acids is 1. The molecule has 1 amide bonds. The fraction of sp³-hybridized carbons (Fsp3) is 0.833. The Bertz CT molecular complexity index is 332. The van der Waals surface area contributed by atoms with Crippen LogP contribution in [0, 0.1) is 5.92 Å². The first-order valence-corrected chi connectivity index (χ1v) is 6.29. The van der Waals surface area contributed by atoms with Crippen LogP contribution < -0.4 is 5.32 Å². The summed E-state index contributed by atoms with van der Waals surface area (Å²) in [4.78, 5) is 23.0. The minimum Gasteiger partial charge on any atom is -0.480 e. The Morgan fingerprint density at radius 1 is 1.50 bits per heavy atom. The van der Waals surface area contributed by atoms with Crippen LogP contribution in [0.5, 0.6) is 0 Å². The van der Waals surface area contributed by atoms with E-state index in [0.717, 1.165) is 12.8 Å². The number of nitrogens with one attached hydrogen (secondary N) is 1. The molecule has 6 nitrogen and oxygen atoms in total. The van der Waals surface area contributed by atoms with Gasteiger partial charge in [-0.25, -0.2) is 4.79 Å². The first kappa shape index (κ1) is 13.3. The van der Waals surface area contributed by atoms with E-state index in [1.807, 2.05) is 0 Å². The fourth-order valence-electron chi connectivity index (χ4n) is 2.69. The molecule has 4 unspecified atom stereocenters. The summed E-state index contributed by atoms with van der Waals surface area (Å²) in [6.07, 6.45) is 3.07. The average molecular weight is 257 g/mol. The topological polar surface area (TPSA) is 84.9 Å². The third-order valence-electron chi connectivity index (χ3n) is 3.67.